The van der Waals surface area contributed by atoms with E-state index in [1.165, 1.54) is 35.4 Å². The van der Waals surface area contributed by atoms with Crippen molar-refractivity contribution in [3.05, 3.63) is 34.6 Å². The zero-order valence-corrected chi connectivity index (χ0v) is 18.6. The van der Waals surface area contributed by atoms with Crippen LogP contribution in [0.5, 0.6) is 0 Å². The Morgan fingerprint density at radius 1 is 1.16 bits per heavy atom. The Morgan fingerprint density at radius 3 is 2.91 bits per heavy atom. The molecule has 1 saturated carbocycles. The van der Waals surface area contributed by atoms with Crippen LogP contribution in [0, 0.1) is 0 Å². The van der Waals surface area contributed by atoms with E-state index in [0.29, 0.717) is 17.0 Å². The summed E-state index contributed by atoms with van der Waals surface area (Å²) in [5, 5.41) is 16.5. The fourth-order valence-corrected chi connectivity index (χ4v) is 5.22. The van der Waals surface area contributed by atoms with E-state index in [1.54, 1.807) is 6.20 Å². The van der Waals surface area contributed by atoms with Gasteiger partial charge in [0.1, 0.15) is 11.9 Å². The molecule has 3 aromatic heterocycles. The summed E-state index contributed by atoms with van der Waals surface area (Å²) < 4.78 is 0. The van der Waals surface area contributed by atoms with Crippen molar-refractivity contribution in [2.45, 2.75) is 63.3 Å². The first kappa shape index (κ1) is 19.7. The van der Waals surface area contributed by atoms with Crippen LogP contribution >= 0.6 is 11.3 Å². The Balaban J connectivity index is 1.29. The summed E-state index contributed by atoms with van der Waals surface area (Å²) in [5.41, 5.74) is 3.46. The summed E-state index contributed by atoms with van der Waals surface area (Å²) in [6.07, 6.45) is 10.0. The van der Waals surface area contributed by atoms with Crippen LogP contribution in [0.4, 0.5) is 22.7 Å². The van der Waals surface area contributed by atoms with Gasteiger partial charge in [-0.25, -0.2) is 9.97 Å². The van der Waals surface area contributed by atoms with Gasteiger partial charge in [0.05, 0.1) is 5.69 Å². The van der Waals surface area contributed by atoms with Gasteiger partial charge in [0.15, 0.2) is 10.9 Å². The number of anilines is 4. The number of aromatic nitrogens is 5. The Hall–Kier alpha value is -3.01. The summed E-state index contributed by atoms with van der Waals surface area (Å²) in [4.78, 5) is 29.0. The maximum Gasteiger partial charge on any atom is 0.248 e. The molecule has 0 aromatic carbocycles. The molecule has 32 heavy (non-hydrogen) atoms. The highest BCUT2D eigenvalue weighted by molar-refractivity contribution is 7.13. The molecule has 1 unspecified atom stereocenters. The summed E-state index contributed by atoms with van der Waals surface area (Å²) >= 11 is 1.42. The van der Waals surface area contributed by atoms with Crippen molar-refractivity contribution in [1.29, 1.82) is 0 Å². The number of hydrogen-bond acceptors (Lipinski definition) is 8. The summed E-state index contributed by atoms with van der Waals surface area (Å²) in [6.45, 7) is 0.766. The molecule has 3 aromatic rings. The molecule has 1 saturated heterocycles. The predicted octanol–water partition coefficient (Wildman–Crippen LogP) is 3.76. The molecule has 1 aliphatic heterocycles. The van der Waals surface area contributed by atoms with Gasteiger partial charge in [0, 0.05) is 41.4 Å². The molecule has 10 heteroatoms. The second-order valence-corrected chi connectivity index (χ2v) is 9.68. The lowest BCUT2D eigenvalue weighted by Gasteiger charge is -2.26. The lowest BCUT2D eigenvalue weighted by molar-refractivity contribution is -0.117. The Kier molecular flexibility index (Phi) is 5.01. The average Bonchev–Trinajstić information content (AvgIpc) is 3.20. The van der Waals surface area contributed by atoms with Crippen LogP contribution in [-0.4, -0.2) is 43.6 Å². The quantitative estimate of drug-likeness (QED) is 0.524. The molecule has 0 spiro atoms. The number of rotatable bonds is 6. The molecule has 4 heterocycles. The van der Waals surface area contributed by atoms with E-state index in [0.717, 1.165) is 62.4 Å². The van der Waals surface area contributed by atoms with Crippen molar-refractivity contribution in [3.63, 3.8) is 0 Å². The number of carbonyl (C=O) groups excluding carboxylic acids is 1. The van der Waals surface area contributed by atoms with Gasteiger partial charge < -0.3 is 15.5 Å². The third-order valence-electron chi connectivity index (χ3n) is 6.51. The van der Waals surface area contributed by atoms with Gasteiger partial charge in [0.25, 0.3) is 0 Å². The monoisotopic (exact) mass is 450 g/mol. The molecule has 1 atom stereocenters. The zero-order valence-electron chi connectivity index (χ0n) is 17.8. The lowest BCUT2D eigenvalue weighted by atomic mass is 9.96. The Morgan fingerprint density at radius 2 is 2.06 bits per heavy atom. The summed E-state index contributed by atoms with van der Waals surface area (Å²) in [5.74, 6) is 2.82. The lowest BCUT2D eigenvalue weighted by Crippen LogP contribution is -2.41. The van der Waals surface area contributed by atoms with Gasteiger partial charge in [-0.1, -0.05) is 0 Å². The predicted molar refractivity (Wildman–Crippen MR) is 124 cm³/mol. The van der Waals surface area contributed by atoms with E-state index < -0.39 is 0 Å². The van der Waals surface area contributed by atoms with Gasteiger partial charge >= 0.3 is 0 Å². The minimum absolute atomic E-state index is 0.0466. The molecule has 6 rings (SSSR count). The van der Waals surface area contributed by atoms with E-state index in [2.05, 4.69) is 31.9 Å². The maximum absolute atomic E-state index is 13.0. The molecular formula is C22H26N8OS. The molecule has 3 N–H and O–H groups in total. The highest BCUT2D eigenvalue weighted by atomic mass is 32.1. The van der Waals surface area contributed by atoms with Crippen LogP contribution in [0.2, 0.25) is 0 Å². The third-order valence-corrected chi connectivity index (χ3v) is 7.20. The number of H-pyrrole nitrogens is 1. The molecule has 2 fully saturated rings. The molecule has 3 aliphatic rings. The second-order valence-electron chi connectivity index (χ2n) is 8.79. The molecule has 2 aliphatic carbocycles. The highest BCUT2D eigenvalue weighted by Crippen LogP contribution is 2.40. The standard InChI is InChI=1S/C22H26N8OS/c31-20(27-22-23-9-11-32-22)17-6-3-10-30(17)21-24-15-5-2-1-4-14(15)19(26-21)25-18-12-16(28-29-18)13-7-8-13/h9,11-13,17H,1-8,10H2,(H,23,27,31)(H2,24,25,26,28,29). The van der Waals surface area contributed by atoms with Crippen molar-refractivity contribution in [2.75, 3.05) is 22.1 Å². The van der Waals surface area contributed by atoms with Crippen LogP contribution in [0.15, 0.2) is 17.6 Å². The van der Waals surface area contributed by atoms with Gasteiger partial charge in [-0.15, -0.1) is 11.3 Å². The normalized spacial score (nSPS) is 20.2. The first-order chi connectivity index (χ1) is 15.7. The fourth-order valence-electron chi connectivity index (χ4n) is 4.69. The van der Waals surface area contributed by atoms with Gasteiger partial charge in [-0.3, -0.25) is 9.89 Å². The maximum atomic E-state index is 13.0. The number of aryl methyl sites for hydroxylation is 1. The number of thiazole rings is 1. The minimum Gasteiger partial charge on any atom is -0.329 e. The molecule has 9 nitrogen and oxygen atoms in total. The number of aromatic amines is 1. The Labute approximate surface area is 190 Å². The van der Waals surface area contributed by atoms with Crippen LogP contribution in [0.1, 0.15) is 61.4 Å². The summed E-state index contributed by atoms with van der Waals surface area (Å²) in [7, 11) is 0. The zero-order chi connectivity index (χ0) is 21.5. The Bertz CT molecular complexity index is 1120. The first-order valence-corrected chi connectivity index (χ1v) is 12.3. The number of nitrogens with zero attached hydrogens (tertiary/aromatic N) is 5. The number of nitrogens with one attached hydrogen (secondary N) is 3. The smallest absolute Gasteiger partial charge is 0.248 e. The van der Waals surface area contributed by atoms with Crippen molar-refractivity contribution in [2.24, 2.45) is 0 Å². The van der Waals surface area contributed by atoms with E-state index in [-0.39, 0.29) is 11.9 Å². The van der Waals surface area contributed by atoms with E-state index in [9.17, 15) is 4.79 Å². The number of fused-ring (bicyclic) bond motifs is 1. The molecule has 0 bridgehead atoms. The van der Waals surface area contributed by atoms with E-state index in [4.69, 9.17) is 9.97 Å². The minimum atomic E-state index is -0.291. The van der Waals surface area contributed by atoms with Gasteiger partial charge in [-0.2, -0.15) is 10.1 Å². The van der Waals surface area contributed by atoms with Crippen LogP contribution in [0.25, 0.3) is 0 Å². The SMILES string of the molecule is O=C(Nc1nccs1)C1CCCN1c1nc2c(c(Nc3cc(C4CC4)[nH]n3)n1)CCCC2. The van der Waals surface area contributed by atoms with Gasteiger partial charge in [0.2, 0.25) is 11.9 Å². The number of hydrogen-bond donors (Lipinski definition) is 3. The highest BCUT2D eigenvalue weighted by Gasteiger charge is 2.34. The van der Waals surface area contributed by atoms with Crippen LogP contribution < -0.4 is 15.5 Å². The largest absolute Gasteiger partial charge is 0.329 e. The van der Waals surface area contributed by atoms with E-state index in [1.807, 2.05) is 10.3 Å². The number of amides is 1. The van der Waals surface area contributed by atoms with Crippen molar-refractivity contribution in [1.82, 2.24) is 25.1 Å². The van der Waals surface area contributed by atoms with E-state index >= 15 is 0 Å². The molecule has 166 valence electrons. The van der Waals surface area contributed by atoms with Crippen molar-refractivity contribution in [3.8, 4) is 0 Å². The van der Waals surface area contributed by atoms with Crippen molar-refractivity contribution < 1.29 is 4.79 Å². The number of carbonyl (C=O) groups is 1. The summed E-state index contributed by atoms with van der Waals surface area (Å²) in [6, 6.07) is 1.80. The molecule has 0 radical (unpaired) electrons. The topological polar surface area (TPSA) is 112 Å². The third kappa shape index (κ3) is 3.83. The second kappa shape index (κ2) is 8.16. The van der Waals surface area contributed by atoms with Crippen LogP contribution in [-0.2, 0) is 17.6 Å². The van der Waals surface area contributed by atoms with Crippen LogP contribution in [0.3, 0.4) is 0 Å². The fraction of sp³-hybridized carbons (Fsp3) is 0.500. The first-order valence-electron chi connectivity index (χ1n) is 11.4. The average molecular weight is 451 g/mol. The van der Waals surface area contributed by atoms with Gasteiger partial charge in [-0.05, 0) is 51.4 Å². The molecular weight excluding hydrogens is 424 g/mol. The molecule has 1 amide bonds. The van der Waals surface area contributed by atoms with Crippen molar-refractivity contribution >= 4 is 40.0 Å².